The second-order valence-corrected chi connectivity index (χ2v) is 5.99. The molecule has 18 heavy (non-hydrogen) atoms. The Balaban J connectivity index is 1.79. The standard InChI is InChI=1S/C14H21BrN2O/c1-17-7-5-11(6-8-17)14(16)10-18-13-4-2-3-12(15)9-13/h2-4,9,11,14H,5-8,10,16H2,1H3. The topological polar surface area (TPSA) is 38.5 Å². The van der Waals surface area contributed by atoms with Gasteiger partial charge in [-0.3, -0.25) is 0 Å². The molecule has 2 rings (SSSR count). The summed E-state index contributed by atoms with van der Waals surface area (Å²) in [6, 6.07) is 8.04. The molecule has 1 aromatic carbocycles. The molecule has 0 aliphatic carbocycles. The van der Waals surface area contributed by atoms with E-state index in [4.69, 9.17) is 10.5 Å². The first-order valence-corrected chi connectivity index (χ1v) is 7.27. The van der Waals surface area contributed by atoms with Crippen molar-refractivity contribution in [2.45, 2.75) is 18.9 Å². The van der Waals surface area contributed by atoms with Crippen LogP contribution in [-0.2, 0) is 0 Å². The monoisotopic (exact) mass is 312 g/mol. The van der Waals surface area contributed by atoms with Gasteiger partial charge in [-0.25, -0.2) is 0 Å². The van der Waals surface area contributed by atoms with Crippen LogP contribution in [0.2, 0.25) is 0 Å². The van der Waals surface area contributed by atoms with Crippen LogP contribution in [0.15, 0.2) is 28.7 Å². The molecule has 1 aliphatic rings. The number of nitrogens with zero attached hydrogens (tertiary/aromatic N) is 1. The van der Waals surface area contributed by atoms with E-state index in [-0.39, 0.29) is 6.04 Å². The fourth-order valence-corrected chi connectivity index (χ4v) is 2.72. The van der Waals surface area contributed by atoms with E-state index in [9.17, 15) is 0 Å². The highest BCUT2D eigenvalue weighted by Crippen LogP contribution is 2.21. The van der Waals surface area contributed by atoms with E-state index in [0.29, 0.717) is 12.5 Å². The van der Waals surface area contributed by atoms with Gasteiger partial charge in [0.2, 0.25) is 0 Å². The number of hydrogen-bond donors (Lipinski definition) is 1. The van der Waals surface area contributed by atoms with Crippen LogP contribution in [0.5, 0.6) is 5.75 Å². The molecule has 0 spiro atoms. The second-order valence-electron chi connectivity index (χ2n) is 5.07. The minimum absolute atomic E-state index is 0.137. The van der Waals surface area contributed by atoms with Crippen molar-refractivity contribution in [2.24, 2.45) is 11.7 Å². The Hall–Kier alpha value is -0.580. The fourth-order valence-electron chi connectivity index (χ4n) is 2.34. The SMILES string of the molecule is CN1CCC(C(N)COc2cccc(Br)c2)CC1. The molecule has 0 aromatic heterocycles. The van der Waals surface area contributed by atoms with Gasteiger partial charge in [-0.1, -0.05) is 22.0 Å². The largest absolute Gasteiger partial charge is 0.492 e. The van der Waals surface area contributed by atoms with Crippen LogP contribution in [0.25, 0.3) is 0 Å². The molecule has 1 saturated heterocycles. The third kappa shape index (κ3) is 3.97. The van der Waals surface area contributed by atoms with Gasteiger partial charge in [-0.15, -0.1) is 0 Å². The van der Waals surface area contributed by atoms with Gasteiger partial charge in [0, 0.05) is 10.5 Å². The summed E-state index contributed by atoms with van der Waals surface area (Å²) in [7, 11) is 2.17. The first-order valence-electron chi connectivity index (χ1n) is 6.47. The minimum Gasteiger partial charge on any atom is -0.492 e. The van der Waals surface area contributed by atoms with Crippen molar-refractivity contribution in [3.05, 3.63) is 28.7 Å². The predicted molar refractivity (Wildman–Crippen MR) is 77.8 cm³/mol. The maximum Gasteiger partial charge on any atom is 0.120 e. The van der Waals surface area contributed by atoms with Crippen molar-refractivity contribution in [3.8, 4) is 5.75 Å². The van der Waals surface area contributed by atoms with Crippen LogP contribution in [-0.4, -0.2) is 37.7 Å². The summed E-state index contributed by atoms with van der Waals surface area (Å²) in [6.45, 7) is 2.90. The Labute approximate surface area is 117 Å². The summed E-state index contributed by atoms with van der Waals surface area (Å²) in [5, 5.41) is 0. The molecule has 100 valence electrons. The summed E-state index contributed by atoms with van der Waals surface area (Å²) in [4.78, 5) is 2.36. The lowest BCUT2D eigenvalue weighted by Gasteiger charge is -2.32. The molecule has 4 heteroatoms. The first kappa shape index (κ1) is 13.8. The zero-order valence-electron chi connectivity index (χ0n) is 10.8. The van der Waals surface area contributed by atoms with Crippen LogP contribution in [0.3, 0.4) is 0 Å². The van der Waals surface area contributed by atoms with Gasteiger partial charge in [-0.2, -0.15) is 0 Å². The molecule has 0 saturated carbocycles. The molecule has 0 amide bonds. The number of piperidine rings is 1. The summed E-state index contributed by atoms with van der Waals surface area (Å²) in [5.41, 5.74) is 6.22. The highest BCUT2D eigenvalue weighted by molar-refractivity contribution is 9.10. The zero-order valence-corrected chi connectivity index (χ0v) is 12.4. The molecule has 1 aromatic rings. The van der Waals surface area contributed by atoms with E-state index in [1.54, 1.807) is 0 Å². The number of nitrogens with two attached hydrogens (primary N) is 1. The van der Waals surface area contributed by atoms with E-state index in [1.165, 1.54) is 12.8 Å². The lowest BCUT2D eigenvalue weighted by atomic mass is 9.90. The number of benzene rings is 1. The molecular weight excluding hydrogens is 292 g/mol. The number of hydrogen-bond acceptors (Lipinski definition) is 3. The molecule has 2 N–H and O–H groups in total. The van der Waals surface area contributed by atoms with Crippen molar-refractivity contribution in [3.63, 3.8) is 0 Å². The van der Waals surface area contributed by atoms with Crippen molar-refractivity contribution < 1.29 is 4.74 Å². The number of ether oxygens (including phenoxy) is 1. The van der Waals surface area contributed by atoms with Crippen LogP contribution in [0, 0.1) is 5.92 Å². The average Bonchev–Trinajstić information content (AvgIpc) is 2.37. The van der Waals surface area contributed by atoms with Gasteiger partial charge in [0.05, 0.1) is 0 Å². The summed E-state index contributed by atoms with van der Waals surface area (Å²) >= 11 is 3.44. The Kier molecular flexibility index (Phi) is 5.03. The lowest BCUT2D eigenvalue weighted by Crippen LogP contribution is -2.42. The third-order valence-corrected chi connectivity index (χ3v) is 4.10. The van der Waals surface area contributed by atoms with Crippen molar-refractivity contribution >= 4 is 15.9 Å². The predicted octanol–water partition coefficient (Wildman–Crippen LogP) is 2.50. The van der Waals surface area contributed by atoms with Gasteiger partial charge >= 0.3 is 0 Å². The van der Waals surface area contributed by atoms with Gasteiger partial charge in [0.25, 0.3) is 0 Å². The van der Waals surface area contributed by atoms with Gasteiger partial charge < -0.3 is 15.4 Å². The van der Waals surface area contributed by atoms with E-state index >= 15 is 0 Å². The van der Waals surface area contributed by atoms with Gasteiger partial charge in [-0.05, 0) is 57.1 Å². The molecule has 1 heterocycles. The zero-order chi connectivity index (χ0) is 13.0. The molecule has 1 fully saturated rings. The van der Waals surface area contributed by atoms with Crippen molar-refractivity contribution in [1.29, 1.82) is 0 Å². The maximum absolute atomic E-state index is 6.22. The third-order valence-electron chi connectivity index (χ3n) is 3.61. The minimum atomic E-state index is 0.137. The molecule has 3 nitrogen and oxygen atoms in total. The quantitative estimate of drug-likeness (QED) is 0.928. The Morgan fingerprint density at radius 3 is 2.83 bits per heavy atom. The van der Waals surface area contributed by atoms with E-state index < -0.39 is 0 Å². The maximum atomic E-state index is 6.22. The smallest absolute Gasteiger partial charge is 0.120 e. The molecule has 1 aliphatic heterocycles. The average molecular weight is 313 g/mol. The second kappa shape index (κ2) is 6.55. The van der Waals surface area contributed by atoms with Crippen molar-refractivity contribution in [2.75, 3.05) is 26.7 Å². The fraction of sp³-hybridized carbons (Fsp3) is 0.571. The van der Waals surface area contributed by atoms with Crippen LogP contribution in [0.1, 0.15) is 12.8 Å². The molecule has 0 radical (unpaired) electrons. The molecule has 1 unspecified atom stereocenters. The highest BCUT2D eigenvalue weighted by atomic mass is 79.9. The molecular formula is C14H21BrN2O. The Morgan fingerprint density at radius 2 is 2.17 bits per heavy atom. The number of halogens is 1. The summed E-state index contributed by atoms with van der Waals surface area (Å²) in [6.07, 6.45) is 2.36. The normalized spacial score (nSPS) is 19.7. The Bertz CT molecular complexity index is 378. The van der Waals surface area contributed by atoms with Gasteiger partial charge in [0.1, 0.15) is 12.4 Å². The number of likely N-dealkylation sites (tertiary alicyclic amines) is 1. The highest BCUT2D eigenvalue weighted by Gasteiger charge is 2.22. The van der Waals surface area contributed by atoms with E-state index in [2.05, 4.69) is 27.9 Å². The van der Waals surface area contributed by atoms with Crippen molar-refractivity contribution in [1.82, 2.24) is 4.90 Å². The number of rotatable bonds is 4. The van der Waals surface area contributed by atoms with E-state index in [0.717, 1.165) is 23.3 Å². The van der Waals surface area contributed by atoms with E-state index in [1.807, 2.05) is 24.3 Å². The van der Waals surface area contributed by atoms with Crippen LogP contribution < -0.4 is 10.5 Å². The first-order chi connectivity index (χ1) is 8.65. The Morgan fingerprint density at radius 1 is 1.44 bits per heavy atom. The van der Waals surface area contributed by atoms with Gasteiger partial charge in [0.15, 0.2) is 0 Å². The molecule has 0 bridgehead atoms. The van der Waals surface area contributed by atoms with Crippen LogP contribution in [0.4, 0.5) is 0 Å². The molecule has 1 atom stereocenters. The summed E-state index contributed by atoms with van der Waals surface area (Å²) < 4.78 is 6.80. The van der Waals surface area contributed by atoms with Crippen LogP contribution >= 0.6 is 15.9 Å². The lowest BCUT2D eigenvalue weighted by molar-refractivity contribution is 0.166. The summed E-state index contributed by atoms with van der Waals surface area (Å²) in [5.74, 6) is 1.47.